The van der Waals surface area contributed by atoms with E-state index in [1.54, 1.807) is 6.20 Å². The number of aromatic nitrogens is 1. The average molecular weight is 389 g/mol. The van der Waals surface area contributed by atoms with Crippen molar-refractivity contribution in [2.24, 2.45) is 0 Å². The number of amides is 2. The minimum Gasteiger partial charge on any atom is -0.475 e. The molecule has 3 aromatic rings. The Labute approximate surface area is 172 Å². The summed E-state index contributed by atoms with van der Waals surface area (Å²) >= 11 is 0. The summed E-state index contributed by atoms with van der Waals surface area (Å²) in [6, 6.07) is 23.5. The highest BCUT2D eigenvalue weighted by Gasteiger charge is 2.16. The van der Waals surface area contributed by atoms with Crippen molar-refractivity contribution in [2.45, 2.75) is 39.0 Å². The number of nitrogens with one attached hydrogen (secondary N) is 2. The van der Waals surface area contributed by atoms with Crippen LogP contribution in [0.5, 0.6) is 5.88 Å². The van der Waals surface area contributed by atoms with Gasteiger partial charge in [-0.2, -0.15) is 0 Å². The lowest BCUT2D eigenvalue weighted by Gasteiger charge is -2.20. The van der Waals surface area contributed by atoms with Crippen molar-refractivity contribution in [3.05, 3.63) is 95.7 Å². The Bertz CT molecular complexity index is 898. The smallest absolute Gasteiger partial charge is 0.315 e. The molecule has 2 aromatic carbocycles. The van der Waals surface area contributed by atoms with Gasteiger partial charge in [0.2, 0.25) is 5.88 Å². The first-order valence-corrected chi connectivity index (χ1v) is 9.85. The zero-order valence-corrected chi connectivity index (χ0v) is 16.8. The molecule has 0 aliphatic carbocycles. The molecular formula is C24H27N3O2. The number of ether oxygens (including phenoxy) is 1. The number of hydrogen-bond acceptors (Lipinski definition) is 3. The molecule has 0 fully saturated rings. The van der Waals surface area contributed by atoms with E-state index in [9.17, 15) is 4.79 Å². The van der Waals surface area contributed by atoms with E-state index in [2.05, 4.69) is 27.8 Å². The van der Waals surface area contributed by atoms with Gasteiger partial charge in [-0.1, -0.05) is 66.7 Å². The van der Waals surface area contributed by atoms with Gasteiger partial charge in [0.25, 0.3) is 0 Å². The maximum Gasteiger partial charge on any atom is 0.315 e. The van der Waals surface area contributed by atoms with E-state index in [0.717, 1.165) is 11.1 Å². The van der Waals surface area contributed by atoms with Crippen LogP contribution >= 0.6 is 0 Å². The lowest BCUT2D eigenvalue weighted by atomic mass is 9.99. The first-order valence-electron chi connectivity index (χ1n) is 9.85. The summed E-state index contributed by atoms with van der Waals surface area (Å²) in [6.45, 7) is 4.24. The zero-order valence-electron chi connectivity index (χ0n) is 16.8. The quantitative estimate of drug-likeness (QED) is 0.589. The molecule has 5 nitrogen and oxygen atoms in total. The van der Waals surface area contributed by atoms with Crippen LogP contribution < -0.4 is 15.4 Å². The minimum absolute atomic E-state index is 0.0193. The van der Waals surface area contributed by atoms with Gasteiger partial charge in [-0.15, -0.1) is 0 Å². The van der Waals surface area contributed by atoms with Crippen LogP contribution in [0.25, 0.3) is 0 Å². The van der Waals surface area contributed by atoms with Gasteiger partial charge in [0.1, 0.15) is 0 Å². The number of benzene rings is 2. The van der Waals surface area contributed by atoms with Crippen molar-refractivity contribution < 1.29 is 9.53 Å². The lowest BCUT2D eigenvalue weighted by molar-refractivity contribution is 0.227. The number of carbonyl (C=O) groups is 1. The average Bonchev–Trinajstić information content (AvgIpc) is 2.74. The van der Waals surface area contributed by atoms with Gasteiger partial charge in [-0.05, 0) is 37.5 Å². The molecule has 0 aliphatic heterocycles. The normalized spacial score (nSPS) is 11.7. The third-order valence-electron chi connectivity index (χ3n) is 4.43. The molecule has 1 atom stereocenters. The summed E-state index contributed by atoms with van der Waals surface area (Å²) in [5, 5.41) is 6.03. The molecule has 3 rings (SSSR count). The van der Waals surface area contributed by atoms with Gasteiger partial charge in [-0.25, -0.2) is 9.78 Å². The van der Waals surface area contributed by atoms with Crippen LogP contribution in [-0.2, 0) is 13.0 Å². The van der Waals surface area contributed by atoms with E-state index in [-0.39, 0.29) is 18.2 Å². The number of carbonyl (C=O) groups excluding carboxylic acids is 1. The molecule has 0 aliphatic rings. The van der Waals surface area contributed by atoms with Gasteiger partial charge in [-0.3, -0.25) is 0 Å². The number of urea groups is 1. The Balaban J connectivity index is 1.66. The number of nitrogens with zero attached hydrogens (tertiary/aromatic N) is 1. The predicted molar refractivity (Wildman–Crippen MR) is 115 cm³/mol. The monoisotopic (exact) mass is 389 g/mol. The number of hydrogen-bond donors (Lipinski definition) is 2. The molecule has 1 unspecified atom stereocenters. The zero-order chi connectivity index (χ0) is 20.5. The van der Waals surface area contributed by atoms with Crippen LogP contribution in [0.3, 0.4) is 0 Å². The number of pyridine rings is 1. The van der Waals surface area contributed by atoms with E-state index in [1.165, 1.54) is 5.56 Å². The Kier molecular flexibility index (Phi) is 7.22. The second-order valence-electron chi connectivity index (χ2n) is 7.11. The first kappa shape index (κ1) is 20.4. The van der Waals surface area contributed by atoms with Gasteiger partial charge in [0.15, 0.2) is 0 Å². The molecule has 0 spiro atoms. The van der Waals surface area contributed by atoms with E-state index >= 15 is 0 Å². The molecule has 0 radical (unpaired) electrons. The van der Waals surface area contributed by atoms with Crippen LogP contribution in [0.4, 0.5) is 4.79 Å². The molecule has 2 N–H and O–H groups in total. The summed E-state index contributed by atoms with van der Waals surface area (Å²) in [5.74, 6) is 0.548. The summed E-state index contributed by atoms with van der Waals surface area (Å²) in [6.07, 6.45) is 2.42. The maximum absolute atomic E-state index is 12.6. The highest BCUT2D eigenvalue weighted by molar-refractivity contribution is 5.74. The molecule has 1 aromatic heterocycles. The summed E-state index contributed by atoms with van der Waals surface area (Å²) < 4.78 is 5.72. The molecule has 2 amide bonds. The fraction of sp³-hybridized carbons (Fsp3) is 0.250. The highest BCUT2D eigenvalue weighted by Crippen LogP contribution is 2.19. The first-order chi connectivity index (χ1) is 14.1. The number of rotatable bonds is 8. The Hall–Kier alpha value is -3.34. The van der Waals surface area contributed by atoms with Crippen molar-refractivity contribution in [3.8, 4) is 5.88 Å². The third-order valence-corrected chi connectivity index (χ3v) is 4.43. The molecule has 0 saturated carbocycles. The summed E-state index contributed by atoms with van der Waals surface area (Å²) in [5.41, 5.74) is 3.08. The van der Waals surface area contributed by atoms with Crippen LogP contribution in [0, 0.1) is 0 Å². The van der Waals surface area contributed by atoms with Gasteiger partial charge in [0.05, 0.1) is 12.1 Å². The molecule has 29 heavy (non-hydrogen) atoms. The van der Waals surface area contributed by atoms with Crippen molar-refractivity contribution >= 4 is 6.03 Å². The van der Waals surface area contributed by atoms with Crippen LogP contribution in [0.2, 0.25) is 0 Å². The molecule has 0 saturated heterocycles. The van der Waals surface area contributed by atoms with Crippen LogP contribution in [0.15, 0.2) is 79.0 Å². The largest absolute Gasteiger partial charge is 0.475 e. The van der Waals surface area contributed by atoms with Crippen LogP contribution in [-0.4, -0.2) is 17.1 Å². The SMILES string of the molecule is CC(C)Oc1ncccc1CNC(=O)NC(Cc1ccccc1)c1ccccc1. The summed E-state index contributed by atoms with van der Waals surface area (Å²) in [7, 11) is 0. The van der Waals surface area contributed by atoms with Crippen molar-refractivity contribution in [3.63, 3.8) is 0 Å². The Morgan fingerprint density at radius 2 is 1.66 bits per heavy atom. The second-order valence-corrected chi connectivity index (χ2v) is 7.11. The lowest BCUT2D eigenvalue weighted by Crippen LogP contribution is -2.38. The van der Waals surface area contributed by atoms with Crippen molar-refractivity contribution in [1.29, 1.82) is 0 Å². The van der Waals surface area contributed by atoms with E-state index in [1.807, 2.05) is 74.5 Å². The van der Waals surface area contributed by atoms with E-state index in [0.29, 0.717) is 18.8 Å². The summed E-state index contributed by atoms with van der Waals surface area (Å²) in [4.78, 5) is 16.9. The standard InChI is InChI=1S/C24H27N3O2/c1-18(2)29-23-21(14-9-15-25-23)17-26-24(28)27-22(20-12-7-4-8-13-20)16-19-10-5-3-6-11-19/h3-15,18,22H,16-17H2,1-2H3,(H2,26,27,28). The topological polar surface area (TPSA) is 63.2 Å². The fourth-order valence-electron chi connectivity index (χ4n) is 3.06. The van der Waals surface area contributed by atoms with Gasteiger partial charge >= 0.3 is 6.03 Å². The molecule has 150 valence electrons. The molecule has 5 heteroatoms. The Morgan fingerprint density at radius 1 is 0.966 bits per heavy atom. The van der Waals surface area contributed by atoms with Gasteiger partial charge in [0, 0.05) is 18.3 Å². The molecular weight excluding hydrogens is 362 g/mol. The van der Waals surface area contributed by atoms with Gasteiger partial charge < -0.3 is 15.4 Å². The maximum atomic E-state index is 12.6. The van der Waals surface area contributed by atoms with E-state index < -0.39 is 0 Å². The van der Waals surface area contributed by atoms with Crippen molar-refractivity contribution in [1.82, 2.24) is 15.6 Å². The minimum atomic E-state index is -0.228. The van der Waals surface area contributed by atoms with Crippen LogP contribution in [0.1, 0.15) is 36.6 Å². The molecule has 0 bridgehead atoms. The predicted octanol–water partition coefficient (Wildman–Crippen LogP) is 4.65. The second kappa shape index (κ2) is 10.3. The van der Waals surface area contributed by atoms with E-state index in [4.69, 9.17) is 4.74 Å². The highest BCUT2D eigenvalue weighted by atomic mass is 16.5. The fourth-order valence-corrected chi connectivity index (χ4v) is 3.06. The van der Waals surface area contributed by atoms with Crippen molar-refractivity contribution in [2.75, 3.05) is 0 Å². The third kappa shape index (κ3) is 6.35. The molecule has 1 heterocycles. The Morgan fingerprint density at radius 3 is 2.34 bits per heavy atom.